The molecule has 0 bridgehead atoms. The van der Waals surface area contributed by atoms with Crippen LogP contribution in [0.3, 0.4) is 0 Å². The molecule has 1 unspecified atom stereocenters. The van der Waals surface area contributed by atoms with Gasteiger partial charge in [-0.3, -0.25) is 19.5 Å². The maximum atomic E-state index is 13.4. The Labute approximate surface area is 579 Å². The van der Waals surface area contributed by atoms with Crippen LogP contribution in [0.5, 0.6) is 11.5 Å². The van der Waals surface area contributed by atoms with Gasteiger partial charge in [-0.15, -0.1) is 0 Å². The molecule has 3 fully saturated rings. The first-order valence-electron chi connectivity index (χ1n) is 34.6. The van der Waals surface area contributed by atoms with Crippen molar-refractivity contribution in [3.05, 3.63) is 238 Å². The summed E-state index contributed by atoms with van der Waals surface area (Å²) < 4.78 is 59.2. The van der Waals surface area contributed by atoms with E-state index >= 15 is 0 Å². The highest BCUT2D eigenvalue weighted by molar-refractivity contribution is 5.68. The number of aromatic hydroxyl groups is 1. The first-order chi connectivity index (χ1) is 48.0. The largest absolute Gasteiger partial charge is 0.508 e. The number of methoxy groups -OCH3 is 1. The SMILES string of the molecule is COc1ccc(CN2CCNC[C@@H]2C)cc1-c1ccnc(CCCc2cc(F)cc(F)c2)n1.C[C@@H]1CN[C@@H](C)CN1Cc1cccc(-c2ccnc(CCCc3cc(F)cc(F)c3)n2)c1.O=C(O)CCC1CN(Cc2cccc(-c3ccnc(CCCc4ccc(O)cc4)n3)c2)CCN1. The van der Waals surface area contributed by atoms with Crippen molar-refractivity contribution in [1.82, 2.24) is 60.6 Å². The molecule has 20 heteroatoms. The number of hydrogen-bond acceptors (Lipinski definition) is 15. The van der Waals surface area contributed by atoms with Crippen LogP contribution in [0.4, 0.5) is 17.6 Å². The zero-order chi connectivity index (χ0) is 69.5. The predicted molar refractivity (Wildman–Crippen MR) is 380 cm³/mol. The molecule has 12 rings (SSSR count). The summed E-state index contributed by atoms with van der Waals surface area (Å²) in [6, 6.07) is 45.4. The zero-order valence-electron chi connectivity index (χ0n) is 57.2. The minimum atomic E-state index is -0.740. The minimum Gasteiger partial charge on any atom is -0.508 e. The molecule has 5 N–H and O–H groups in total. The number of nitrogens with zero attached hydrogens (tertiary/aromatic N) is 9. The van der Waals surface area contributed by atoms with Gasteiger partial charge in [-0.2, -0.15) is 0 Å². The van der Waals surface area contributed by atoms with Crippen LogP contribution in [0.1, 0.15) is 104 Å². The third-order valence-corrected chi connectivity index (χ3v) is 18.2. The molecule has 0 spiro atoms. The quantitative estimate of drug-likeness (QED) is 0.0339. The van der Waals surface area contributed by atoms with Crippen LogP contribution in [-0.2, 0) is 63.0 Å². The molecule has 6 aromatic carbocycles. The molecule has 3 aliphatic heterocycles. The molecule has 0 saturated carbocycles. The van der Waals surface area contributed by atoms with Gasteiger partial charge < -0.3 is 30.9 Å². The van der Waals surface area contributed by atoms with E-state index < -0.39 is 29.2 Å². The number of ether oxygens (including phenoxy) is 1. The summed E-state index contributed by atoms with van der Waals surface area (Å²) in [7, 11) is 1.66. The van der Waals surface area contributed by atoms with Crippen LogP contribution in [0, 0.1) is 23.3 Å². The topological polar surface area (TPSA) is 190 Å². The van der Waals surface area contributed by atoms with Crippen LogP contribution in [0.15, 0.2) is 164 Å². The summed E-state index contributed by atoms with van der Waals surface area (Å²) in [5, 5.41) is 28.8. The molecular formula is C79H92F4N12O4. The number of hydrogen-bond donors (Lipinski definition) is 5. The van der Waals surface area contributed by atoms with Gasteiger partial charge in [-0.1, -0.05) is 54.6 Å². The van der Waals surface area contributed by atoms with E-state index in [1.54, 1.807) is 31.6 Å². The van der Waals surface area contributed by atoms with E-state index in [9.17, 15) is 27.5 Å². The molecular weight excluding hydrogens is 1260 g/mol. The van der Waals surface area contributed by atoms with E-state index in [4.69, 9.17) is 24.8 Å². The smallest absolute Gasteiger partial charge is 0.303 e. The first kappa shape index (κ1) is 72.8. The summed E-state index contributed by atoms with van der Waals surface area (Å²) >= 11 is 0. The Hall–Kier alpha value is -8.89. The van der Waals surface area contributed by atoms with Gasteiger partial charge in [0.25, 0.3) is 0 Å². The van der Waals surface area contributed by atoms with E-state index in [1.807, 2.05) is 42.6 Å². The molecule has 520 valence electrons. The third kappa shape index (κ3) is 23.1. The highest BCUT2D eigenvalue weighted by atomic mass is 19.1. The van der Waals surface area contributed by atoms with E-state index in [-0.39, 0.29) is 18.2 Å². The number of rotatable bonds is 25. The average molecular weight is 1350 g/mol. The molecule has 4 atom stereocenters. The van der Waals surface area contributed by atoms with Crippen LogP contribution in [-0.4, -0.2) is 144 Å². The Balaban J connectivity index is 0.000000161. The van der Waals surface area contributed by atoms with Crippen LogP contribution in [0.25, 0.3) is 33.8 Å². The lowest BCUT2D eigenvalue weighted by Crippen LogP contribution is -2.53. The van der Waals surface area contributed by atoms with Crippen molar-refractivity contribution < 1.29 is 37.3 Å². The molecule has 3 aromatic heterocycles. The van der Waals surface area contributed by atoms with Gasteiger partial charge in [0.2, 0.25) is 0 Å². The zero-order valence-corrected chi connectivity index (χ0v) is 57.2. The monoisotopic (exact) mass is 1350 g/mol. The minimum absolute atomic E-state index is 0.200. The molecule has 0 amide bonds. The van der Waals surface area contributed by atoms with Crippen LogP contribution >= 0.6 is 0 Å². The predicted octanol–water partition coefficient (Wildman–Crippen LogP) is 12.8. The Kier molecular flexibility index (Phi) is 27.1. The van der Waals surface area contributed by atoms with Gasteiger partial charge in [0.1, 0.15) is 52.2 Å². The number of phenols is 1. The summed E-state index contributed by atoms with van der Waals surface area (Å²) in [5.74, 6) is 0.425. The molecule has 0 aliphatic carbocycles. The molecule has 16 nitrogen and oxygen atoms in total. The number of aryl methyl sites for hydroxylation is 6. The van der Waals surface area contributed by atoms with Crippen molar-refractivity contribution in [2.24, 2.45) is 0 Å². The van der Waals surface area contributed by atoms with E-state index in [2.05, 4.69) is 127 Å². The molecule has 3 aliphatic rings. The second-order valence-corrected chi connectivity index (χ2v) is 26.2. The average Bonchev–Trinajstić information content (AvgIpc) is 0.851. The molecule has 0 radical (unpaired) electrons. The van der Waals surface area contributed by atoms with Gasteiger partial charge in [0.15, 0.2) is 0 Å². The van der Waals surface area contributed by atoms with Gasteiger partial charge in [0.05, 0.1) is 24.2 Å². The van der Waals surface area contributed by atoms with Gasteiger partial charge >= 0.3 is 5.97 Å². The number of benzene rings is 6. The number of aliphatic carboxylic acids is 1. The van der Waals surface area contributed by atoms with Gasteiger partial charge in [-0.05, 0) is 178 Å². The molecule has 99 heavy (non-hydrogen) atoms. The number of aromatic nitrogens is 6. The van der Waals surface area contributed by atoms with E-state index in [0.29, 0.717) is 73.6 Å². The Morgan fingerprint density at radius 2 is 1.04 bits per heavy atom. The Morgan fingerprint density at radius 1 is 0.525 bits per heavy atom. The lowest BCUT2D eigenvalue weighted by atomic mass is 10.0. The van der Waals surface area contributed by atoms with Crippen LogP contribution in [0.2, 0.25) is 0 Å². The van der Waals surface area contributed by atoms with Crippen molar-refractivity contribution in [2.45, 2.75) is 135 Å². The Morgan fingerprint density at radius 3 is 1.61 bits per heavy atom. The maximum Gasteiger partial charge on any atom is 0.303 e. The molecule has 6 heterocycles. The fourth-order valence-corrected chi connectivity index (χ4v) is 13.0. The summed E-state index contributed by atoms with van der Waals surface area (Å²) in [4.78, 5) is 45.8. The molecule has 3 saturated heterocycles. The number of halogens is 4. The number of carbonyl (C=O) groups is 1. The number of carboxylic acid groups (broad SMARTS) is 1. The van der Waals surface area contributed by atoms with Gasteiger partial charge in [-0.25, -0.2) is 47.5 Å². The second-order valence-electron chi connectivity index (χ2n) is 26.2. The van der Waals surface area contributed by atoms with Crippen molar-refractivity contribution in [3.63, 3.8) is 0 Å². The lowest BCUT2D eigenvalue weighted by molar-refractivity contribution is -0.137. The summed E-state index contributed by atoms with van der Waals surface area (Å²) in [5.41, 5.74) is 11.9. The highest BCUT2D eigenvalue weighted by Crippen LogP contribution is 2.31. The highest BCUT2D eigenvalue weighted by Gasteiger charge is 2.24. The summed E-state index contributed by atoms with van der Waals surface area (Å²) in [6.45, 7) is 17.1. The maximum absolute atomic E-state index is 13.4. The van der Waals surface area contributed by atoms with Crippen molar-refractivity contribution in [2.75, 3.05) is 59.5 Å². The Bertz CT molecular complexity index is 4020. The number of piperazine rings is 3. The van der Waals surface area contributed by atoms with E-state index in [0.717, 1.165) is 161 Å². The number of nitrogens with one attached hydrogen (secondary N) is 3. The fraction of sp³-hybridized carbons (Fsp3) is 0.380. The van der Waals surface area contributed by atoms with Crippen molar-refractivity contribution in [1.29, 1.82) is 0 Å². The van der Waals surface area contributed by atoms with Gasteiger partial charge in [0, 0.05) is 169 Å². The summed E-state index contributed by atoms with van der Waals surface area (Å²) in [6.07, 6.45) is 12.7. The number of phenolic OH excluding ortho intramolecular Hbond substituents is 1. The normalized spacial score (nSPS) is 17.4. The lowest BCUT2D eigenvalue weighted by Gasteiger charge is -2.37. The third-order valence-electron chi connectivity index (χ3n) is 18.2. The second kappa shape index (κ2) is 36.8. The standard InChI is InChI=1S/C27H32N4O3.C26H30F2N4O.C26H30F2N4/c32-24-10-7-20(8-11-24)3-2-6-26-29-14-13-25(30-26)22-5-1-4-21(17-22)18-31-16-15-28-23(19-31)9-12-27(33)34;1-18-16-29-10-11-32(18)17-20-6-7-25(33-2)23(14-20)24-8-9-30-26(31-24)5-3-4-19-12-21(27)15-22(28)13-19;1-18-16-32(19(2)15-30-18)17-21-6-3-7-22(11-21)25-9-10-29-26(31-25)8-4-5-20-12-23(27)14-24(28)13-20/h1,4-5,7-8,10-11,13-14,17,23,28,32H,2-3,6,9,12,15-16,18-19H2,(H,33,34);6-9,12-15,18,29H,3-5,10-11,16-17H2,1-2H3;3,6-7,9-14,18-19,30H,4-5,8,15-17H2,1-2H3/t;18-;18-,19+/m.00/s1. The van der Waals surface area contributed by atoms with Crippen molar-refractivity contribution >= 4 is 5.97 Å². The van der Waals surface area contributed by atoms with Crippen molar-refractivity contribution in [3.8, 4) is 45.3 Å². The molecule has 9 aromatic rings. The number of carboxylic acids is 1. The fourth-order valence-electron chi connectivity index (χ4n) is 13.0. The first-order valence-corrected chi connectivity index (χ1v) is 34.6. The van der Waals surface area contributed by atoms with E-state index in [1.165, 1.54) is 46.5 Å². The van der Waals surface area contributed by atoms with Crippen LogP contribution < -0.4 is 20.7 Å².